The Bertz CT molecular complexity index is 443. The second kappa shape index (κ2) is 3.77. The topological polar surface area (TPSA) is 54.7 Å². The van der Waals surface area contributed by atoms with Gasteiger partial charge in [0, 0.05) is 5.56 Å². The molecule has 1 heterocycles. The van der Waals surface area contributed by atoms with Gasteiger partial charge in [-0.25, -0.2) is 0 Å². The van der Waals surface area contributed by atoms with E-state index in [0.717, 1.165) is 16.8 Å². The molecular weight excluding hydrogens is 186 g/mol. The molecular formula is C12H15N3. The van der Waals surface area contributed by atoms with Gasteiger partial charge in [-0.2, -0.15) is 5.10 Å². The van der Waals surface area contributed by atoms with Crippen LogP contribution in [0.5, 0.6) is 0 Å². The maximum Gasteiger partial charge on any atom is 0.149 e. The van der Waals surface area contributed by atoms with Crippen molar-refractivity contribution in [1.29, 1.82) is 0 Å². The molecule has 0 amide bonds. The number of anilines is 1. The average molecular weight is 201 g/mol. The molecule has 1 aromatic heterocycles. The van der Waals surface area contributed by atoms with Crippen molar-refractivity contribution < 1.29 is 0 Å². The van der Waals surface area contributed by atoms with Crippen LogP contribution in [0.1, 0.15) is 25.3 Å². The second-order valence-corrected chi connectivity index (χ2v) is 3.92. The highest BCUT2D eigenvalue weighted by Gasteiger charge is 2.14. The molecule has 0 aliphatic rings. The highest BCUT2D eigenvalue weighted by molar-refractivity contribution is 5.68. The van der Waals surface area contributed by atoms with Crippen LogP contribution in [0.15, 0.2) is 30.3 Å². The summed E-state index contributed by atoms with van der Waals surface area (Å²) < 4.78 is 0. The Balaban J connectivity index is 2.54. The summed E-state index contributed by atoms with van der Waals surface area (Å²) in [5.41, 5.74) is 9.10. The zero-order chi connectivity index (χ0) is 10.8. The lowest BCUT2D eigenvalue weighted by Gasteiger charge is -2.06. The smallest absolute Gasteiger partial charge is 0.149 e. The van der Waals surface area contributed by atoms with Crippen molar-refractivity contribution in [1.82, 2.24) is 10.2 Å². The molecule has 0 fully saturated rings. The molecule has 0 atom stereocenters. The number of H-pyrrole nitrogens is 1. The van der Waals surface area contributed by atoms with E-state index >= 15 is 0 Å². The Hall–Kier alpha value is -1.77. The van der Waals surface area contributed by atoms with Crippen molar-refractivity contribution in [3.05, 3.63) is 35.9 Å². The molecule has 0 saturated heterocycles. The van der Waals surface area contributed by atoms with Gasteiger partial charge in [0.15, 0.2) is 0 Å². The van der Waals surface area contributed by atoms with Crippen LogP contribution in [0.3, 0.4) is 0 Å². The number of nitrogens with two attached hydrogens (primary N) is 1. The van der Waals surface area contributed by atoms with Crippen LogP contribution < -0.4 is 5.73 Å². The quantitative estimate of drug-likeness (QED) is 0.785. The zero-order valence-electron chi connectivity index (χ0n) is 8.99. The van der Waals surface area contributed by atoms with E-state index < -0.39 is 0 Å². The van der Waals surface area contributed by atoms with E-state index in [4.69, 9.17) is 5.73 Å². The summed E-state index contributed by atoms with van der Waals surface area (Å²) in [6, 6.07) is 10.1. The standard InChI is InChI=1S/C12H15N3/c1-8(2)10-11(14-15-12(10)13)9-6-4-3-5-7-9/h3-8H,1-2H3,(H3,13,14,15). The fourth-order valence-corrected chi connectivity index (χ4v) is 1.77. The predicted octanol–water partition coefficient (Wildman–Crippen LogP) is 2.78. The van der Waals surface area contributed by atoms with E-state index in [2.05, 4.69) is 36.2 Å². The molecule has 0 unspecified atom stereocenters. The van der Waals surface area contributed by atoms with Gasteiger partial charge in [0.25, 0.3) is 0 Å². The molecule has 3 heteroatoms. The number of aromatic amines is 1. The van der Waals surface area contributed by atoms with E-state index in [9.17, 15) is 0 Å². The van der Waals surface area contributed by atoms with E-state index in [1.165, 1.54) is 0 Å². The number of rotatable bonds is 2. The third-order valence-corrected chi connectivity index (χ3v) is 2.47. The number of nitrogens with one attached hydrogen (secondary N) is 1. The summed E-state index contributed by atoms with van der Waals surface area (Å²) in [4.78, 5) is 0. The molecule has 0 saturated carbocycles. The normalized spacial score (nSPS) is 10.9. The van der Waals surface area contributed by atoms with Crippen molar-refractivity contribution in [3.8, 4) is 11.3 Å². The first-order valence-electron chi connectivity index (χ1n) is 5.09. The number of aromatic nitrogens is 2. The molecule has 0 aliphatic carbocycles. The lowest BCUT2D eigenvalue weighted by Crippen LogP contribution is -1.95. The summed E-state index contributed by atoms with van der Waals surface area (Å²) in [5.74, 6) is 0.975. The molecule has 1 aromatic carbocycles. The first kappa shape index (κ1) is 9.77. The Morgan fingerprint density at radius 2 is 1.87 bits per heavy atom. The number of hydrogen-bond donors (Lipinski definition) is 2. The first-order chi connectivity index (χ1) is 7.20. The Labute approximate surface area is 89.3 Å². The largest absolute Gasteiger partial charge is 0.382 e. The average Bonchev–Trinajstić information content (AvgIpc) is 2.61. The third-order valence-electron chi connectivity index (χ3n) is 2.47. The fraction of sp³-hybridized carbons (Fsp3) is 0.250. The molecule has 0 radical (unpaired) electrons. The number of nitrogen functional groups attached to an aromatic ring is 1. The maximum atomic E-state index is 5.84. The predicted molar refractivity (Wildman–Crippen MR) is 62.5 cm³/mol. The number of nitrogens with zero attached hydrogens (tertiary/aromatic N) is 1. The van der Waals surface area contributed by atoms with Crippen LogP contribution in [0.25, 0.3) is 11.3 Å². The molecule has 0 bridgehead atoms. The van der Waals surface area contributed by atoms with Gasteiger partial charge in [0.1, 0.15) is 5.82 Å². The van der Waals surface area contributed by atoms with Crippen molar-refractivity contribution >= 4 is 5.82 Å². The third kappa shape index (κ3) is 1.73. The molecule has 15 heavy (non-hydrogen) atoms. The van der Waals surface area contributed by atoms with Crippen LogP contribution in [0.2, 0.25) is 0 Å². The SMILES string of the molecule is CC(C)c1c(N)n[nH]c1-c1ccccc1. The van der Waals surface area contributed by atoms with Gasteiger partial charge < -0.3 is 5.73 Å². The number of benzene rings is 1. The van der Waals surface area contributed by atoms with Gasteiger partial charge in [-0.05, 0) is 11.5 Å². The minimum Gasteiger partial charge on any atom is -0.382 e. The Morgan fingerprint density at radius 3 is 2.47 bits per heavy atom. The Morgan fingerprint density at radius 1 is 1.20 bits per heavy atom. The Kier molecular flexibility index (Phi) is 2.46. The maximum absolute atomic E-state index is 5.84. The lowest BCUT2D eigenvalue weighted by molar-refractivity contribution is 0.873. The van der Waals surface area contributed by atoms with Crippen LogP contribution in [0, 0.1) is 0 Å². The summed E-state index contributed by atoms with van der Waals surface area (Å²) >= 11 is 0. The highest BCUT2D eigenvalue weighted by atomic mass is 15.2. The molecule has 2 aromatic rings. The van der Waals surface area contributed by atoms with Gasteiger partial charge in [-0.1, -0.05) is 44.2 Å². The number of hydrogen-bond acceptors (Lipinski definition) is 2. The highest BCUT2D eigenvalue weighted by Crippen LogP contribution is 2.30. The van der Waals surface area contributed by atoms with Crippen LogP contribution in [-0.4, -0.2) is 10.2 Å². The van der Waals surface area contributed by atoms with E-state index in [-0.39, 0.29) is 0 Å². The van der Waals surface area contributed by atoms with Gasteiger partial charge in [0.05, 0.1) is 5.69 Å². The molecule has 0 aliphatic heterocycles. The molecule has 3 N–H and O–H groups in total. The summed E-state index contributed by atoms with van der Waals surface area (Å²) in [7, 11) is 0. The van der Waals surface area contributed by atoms with Crippen molar-refractivity contribution in [2.75, 3.05) is 5.73 Å². The van der Waals surface area contributed by atoms with E-state index in [1.54, 1.807) is 0 Å². The van der Waals surface area contributed by atoms with Crippen molar-refractivity contribution in [3.63, 3.8) is 0 Å². The second-order valence-electron chi connectivity index (χ2n) is 3.92. The van der Waals surface area contributed by atoms with Gasteiger partial charge >= 0.3 is 0 Å². The van der Waals surface area contributed by atoms with Crippen LogP contribution in [0.4, 0.5) is 5.82 Å². The van der Waals surface area contributed by atoms with Crippen molar-refractivity contribution in [2.24, 2.45) is 0 Å². The summed E-state index contributed by atoms with van der Waals surface area (Å²) in [6.45, 7) is 4.24. The van der Waals surface area contributed by atoms with Crippen LogP contribution >= 0.6 is 0 Å². The van der Waals surface area contributed by atoms with Crippen LogP contribution in [-0.2, 0) is 0 Å². The molecule has 0 spiro atoms. The van der Waals surface area contributed by atoms with Crippen molar-refractivity contribution in [2.45, 2.75) is 19.8 Å². The molecule has 2 rings (SSSR count). The van der Waals surface area contributed by atoms with Gasteiger partial charge in [-0.15, -0.1) is 0 Å². The zero-order valence-corrected chi connectivity index (χ0v) is 8.99. The van der Waals surface area contributed by atoms with Gasteiger partial charge in [0.2, 0.25) is 0 Å². The van der Waals surface area contributed by atoms with E-state index in [0.29, 0.717) is 11.7 Å². The molecule has 3 nitrogen and oxygen atoms in total. The fourth-order valence-electron chi connectivity index (χ4n) is 1.77. The van der Waals surface area contributed by atoms with E-state index in [1.807, 2.05) is 18.2 Å². The minimum atomic E-state index is 0.374. The summed E-state index contributed by atoms with van der Waals surface area (Å²) in [6.07, 6.45) is 0. The summed E-state index contributed by atoms with van der Waals surface area (Å²) in [5, 5.41) is 7.06. The lowest BCUT2D eigenvalue weighted by atomic mass is 9.99. The molecule has 78 valence electrons. The monoisotopic (exact) mass is 201 g/mol. The van der Waals surface area contributed by atoms with Gasteiger partial charge in [-0.3, -0.25) is 5.10 Å². The minimum absolute atomic E-state index is 0.374. The first-order valence-corrected chi connectivity index (χ1v) is 5.09.